The van der Waals surface area contributed by atoms with Gasteiger partial charge in [0.2, 0.25) is 17.7 Å². The van der Waals surface area contributed by atoms with E-state index < -0.39 is 72.7 Å². The fraction of sp³-hybridized carbons (Fsp3) is 0.838. The number of carbonyl (C=O) groups is 6. The molecule has 19 heteroatoms. The monoisotopic (exact) mass is 805 g/mol. The number of carboxylic acid groups (broad SMARTS) is 2. The number of ether oxygens (including phenoxy) is 3. The average Bonchev–Trinajstić information content (AvgIpc) is 3.16. The number of aliphatic hydroxyl groups excluding tert-OH is 3. The van der Waals surface area contributed by atoms with Gasteiger partial charge < -0.3 is 66.3 Å². The zero-order valence-corrected chi connectivity index (χ0v) is 33.2. The third kappa shape index (κ3) is 21.6. The Hall–Kier alpha value is -3.62. The predicted octanol–water partition coefficient (Wildman–Crippen LogP) is 0.661. The first-order chi connectivity index (χ1) is 26.7. The fourth-order valence-corrected chi connectivity index (χ4v) is 5.81. The molecule has 1 heterocycles. The number of nitrogens with one attached hydrogen (secondary N) is 5. The van der Waals surface area contributed by atoms with Crippen molar-refractivity contribution >= 4 is 35.7 Å². The van der Waals surface area contributed by atoms with Gasteiger partial charge in [-0.3, -0.25) is 14.4 Å². The third-order valence-corrected chi connectivity index (χ3v) is 9.24. The van der Waals surface area contributed by atoms with Gasteiger partial charge in [-0.1, -0.05) is 65.2 Å². The van der Waals surface area contributed by atoms with Gasteiger partial charge in [-0.15, -0.1) is 0 Å². The minimum absolute atomic E-state index is 0.0297. The summed E-state index contributed by atoms with van der Waals surface area (Å²) in [5.41, 5.74) is 0. The van der Waals surface area contributed by atoms with E-state index in [0.717, 1.165) is 38.5 Å². The van der Waals surface area contributed by atoms with Crippen molar-refractivity contribution in [3.63, 3.8) is 0 Å². The molecule has 0 aromatic heterocycles. The average molecular weight is 806 g/mol. The van der Waals surface area contributed by atoms with Crippen molar-refractivity contribution in [3.05, 3.63) is 0 Å². The van der Waals surface area contributed by atoms with Crippen LogP contribution >= 0.6 is 0 Å². The Bertz CT molecular complexity index is 1180. The second kappa shape index (κ2) is 29.6. The molecular weight excluding hydrogens is 738 g/mol. The van der Waals surface area contributed by atoms with E-state index in [2.05, 4.69) is 26.6 Å². The van der Waals surface area contributed by atoms with Gasteiger partial charge in [0.05, 0.1) is 25.9 Å². The van der Waals surface area contributed by atoms with Crippen molar-refractivity contribution < 1.29 is 68.5 Å². The van der Waals surface area contributed by atoms with Gasteiger partial charge in [0.1, 0.15) is 36.4 Å². The number of rotatable bonds is 31. The van der Waals surface area contributed by atoms with Crippen LogP contribution in [0, 0.1) is 0 Å². The Morgan fingerprint density at radius 2 is 1.12 bits per heavy atom. The quantitative estimate of drug-likeness (QED) is 0.0431. The molecule has 19 nitrogen and oxygen atoms in total. The second-order valence-corrected chi connectivity index (χ2v) is 14.0. The van der Waals surface area contributed by atoms with E-state index in [0.29, 0.717) is 25.7 Å². The van der Waals surface area contributed by atoms with Crippen LogP contribution in [-0.4, -0.2) is 143 Å². The molecule has 1 fully saturated rings. The molecule has 0 aromatic carbocycles. The van der Waals surface area contributed by atoms with Crippen LogP contribution in [0.4, 0.5) is 4.79 Å². The molecule has 0 aromatic rings. The maximum atomic E-state index is 13.2. The largest absolute Gasteiger partial charge is 0.480 e. The standard InChI is InChI=1S/C37H67N5O14/c1-4-6-8-10-15-26(34(49)50)40-33(48)25(41-37(53)42-27(35(51)52)16-11-9-7-5-2)14-12-13-19-38-28(43)17-18-29(44)39-20-21-54-22-23-55-36-32(47)31(46)30(45)24(3)56-36/h24-27,30-32,36,45-47H,4-23H2,1-3H3,(H,38,43)(H,39,44)(H,40,48)(H,49,50)(H,51,52)(H2,41,42,53)/t24-,25-,26-,27-,30-,31+,32+,36+/m0/s1. The molecule has 0 aliphatic carbocycles. The molecule has 8 atom stereocenters. The topological polar surface area (TPSA) is 291 Å². The van der Waals surface area contributed by atoms with E-state index in [1.807, 2.05) is 13.8 Å². The number of hydrogen-bond acceptors (Lipinski definition) is 12. The van der Waals surface area contributed by atoms with Crippen molar-refractivity contribution in [2.75, 3.05) is 32.9 Å². The molecule has 1 saturated heterocycles. The number of amides is 5. The van der Waals surface area contributed by atoms with Gasteiger partial charge in [0, 0.05) is 25.9 Å². The van der Waals surface area contributed by atoms with Crippen molar-refractivity contribution in [1.82, 2.24) is 26.6 Å². The van der Waals surface area contributed by atoms with Crippen molar-refractivity contribution in [2.24, 2.45) is 0 Å². The number of urea groups is 1. The van der Waals surface area contributed by atoms with Crippen molar-refractivity contribution in [2.45, 2.75) is 166 Å². The second-order valence-electron chi connectivity index (χ2n) is 14.0. The van der Waals surface area contributed by atoms with E-state index in [9.17, 15) is 54.3 Å². The van der Waals surface area contributed by atoms with Crippen LogP contribution in [0.5, 0.6) is 0 Å². The van der Waals surface area contributed by atoms with Crippen LogP contribution in [0.2, 0.25) is 0 Å². The zero-order valence-electron chi connectivity index (χ0n) is 33.2. The number of carbonyl (C=O) groups excluding carboxylic acids is 4. The Balaban J connectivity index is 2.47. The molecule has 324 valence electrons. The summed E-state index contributed by atoms with van der Waals surface area (Å²) < 4.78 is 16.1. The number of aliphatic carboxylic acids is 2. The highest BCUT2D eigenvalue weighted by Crippen LogP contribution is 2.21. The van der Waals surface area contributed by atoms with Crippen LogP contribution in [0.15, 0.2) is 0 Å². The van der Waals surface area contributed by atoms with Crippen LogP contribution in [0.3, 0.4) is 0 Å². The smallest absolute Gasteiger partial charge is 0.326 e. The lowest BCUT2D eigenvalue weighted by Crippen LogP contribution is -2.57. The van der Waals surface area contributed by atoms with Crippen molar-refractivity contribution in [3.8, 4) is 0 Å². The Labute approximate surface area is 329 Å². The van der Waals surface area contributed by atoms with Crippen molar-refractivity contribution in [1.29, 1.82) is 0 Å². The zero-order chi connectivity index (χ0) is 41.9. The molecule has 1 aliphatic heterocycles. The SMILES string of the molecule is CCCCCC[C@H](NC(=O)N[C@@H](CCCCNC(=O)CCC(=O)NCCOCCO[C@@H]1O[C@@H](C)[C@H](O)[C@@H](O)[C@H]1O)C(=O)N[C@@H](CCCCCC)C(=O)O)C(=O)O. The summed E-state index contributed by atoms with van der Waals surface area (Å²) in [6, 6.07) is -4.34. The van der Waals surface area contributed by atoms with Gasteiger partial charge in [0.25, 0.3) is 0 Å². The van der Waals surface area contributed by atoms with Gasteiger partial charge in [-0.25, -0.2) is 14.4 Å². The molecule has 0 spiro atoms. The summed E-state index contributed by atoms with van der Waals surface area (Å²) in [7, 11) is 0. The summed E-state index contributed by atoms with van der Waals surface area (Å²) in [5.74, 6) is -3.85. The summed E-state index contributed by atoms with van der Waals surface area (Å²) in [6.45, 7) is 6.27. The van der Waals surface area contributed by atoms with Gasteiger partial charge in [-0.2, -0.15) is 0 Å². The van der Waals surface area contributed by atoms with Gasteiger partial charge >= 0.3 is 18.0 Å². The molecule has 0 bridgehead atoms. The lowest BCUT2D eigenvalue weighted by atomic mass is 10.0. The molecular formula is C37H67N5O14. The summed E-state index contributed by atoms with van der Waals surface area (Å²) >= 11 is 0. The molecule has 1 rings (SSSR count). The molecule has 5 amide bonds. The first kappa shape index (κ1) is 50.4. The number of hydrogen-bond donors (Lipinski definition) is 10. The summed E-state index contributed by atoms with van der Waals surface area (Å²) in [6.07, 6.45) is 1.82. The van der Waals surface area contributed by atoms with Crippen LogP contribution < -0.4 is 26.6 Å². The minimum Gasteiger partial charge on any atom is -0.480 e. The maximum Gasteiger partial charge on any atom is 0.326 e. The highest BCUT2D eigenvalue weighted by molar-refractivity contribution is 5.91. The first-order valence-corrected chi connectivity index (χ1v) is 20.0. The minimum atomic E-state index is -1.42. The molecule has 56 heavy (non-hydrogen) atoms. The highest BCUT2D eigenvalue weighted by atomic mass is 16.7. The number of unbranched alkanes of at least 4 members (excludes halogenated alkanes) is 7. The third-order valence-electron chi connectivity index (χ3n) is 9.24. The van der Waals surface area contributed by atoms with Crippen LogP contribution in [-0.2, 0) is 38.2 Å². The highest BCUT2D eigenvalue weighted by Gasteiger charge is 2.42. The van der Waals surface area contributed by atoms with E-state index in [1.165, 1.54) is 0 Å². The van der Waals surface area contributed by atoms with Crippen LogP contribution in [0.25, 0.3) is 0 Å². The molecule has 0 unspecified atom stereocenters. The van der Waals surface area contributed by atoms with E-state index in [4.69, 9.17) is 14.2 Å². The summed E-state index contributed by atoms with van der Waals surface area (Å²) in [4.78, 5) is 74.2. The van der Waals surface area contributed by atoms with E-state index >= 15 is 0 Å². The number of carboxylic acids is 2. The van der Waals surface area contributed by atoms with Crippen LogP contribution in [0.1, 0.15) is 117 Å². The maximum absolute atomic E-state index is 13.2. The molecule has 10 N–H and O–H groups in total. The van der Waals surface area contributed by atoms with E-state index in [-0.39, 0.29) is 76.8 Å². The predicted molar refractivity (Wildman–Crippen MR) is 202 cm³/mol. The fourth-order valence-electron chi connectivity index (χ4n) is 5.81. The lowest BCUT2D eigenvalue weighted by molar-refractivity contribution is -0.294. The summed E-state index contributed by atoms with van der Waals surface area (Å²) in [5, 5.41) is 61.5. The van der Waals surface area contributed by atoms with Gasteiger partial charge in [0.15, 0.2) is 6.29 Å². The normalized spacial score (nSPS) is 20.9. The Kier molecular flexibility index (Phi) is 26.6. The van der Waals surface area contributed by atoms with E-state index in [1.54, 1.807) is 6.92 Å². The Morgan fingerprint density at radius 1 is 0.607 bits per heavy atom. The Morgan fingerprint density at radius 3 is 1.70 bits per heavy atom. The first-order valence-electron chi connectivity index (χ1n) is 20.0. The number of aliphatic hydroxyl groups is 3. The molecule has 0 saturated carbocycles. The molecule has 0 radical (unpaired) electrons. The lowest BCUT2D eigenvalue weighted by Gasteiger charge is -2.38. The molecule has 1 aliphatic rings. The van der Waals surface area contributed by atoms with Gasteiger partial charge in [-0.05, 0) is 39.0 Å².